The van der Waals surface area contributed by atoms with Crippen LogP contribution in [0.25, 0.3) is 0 Å². The highest BCUT2D eigenvalue weighted by molar-refractivity contribution is 8.16. The molecule has 0 aliphatic carbocycles. The van der Waals surface area contributed by atoms with E-state index in [9.17, 15) is 13.8 Å². The summed E-state index contributed by atoms with van der Waals surface area (Å²) >= 11 is 0. The number of esters is 2. The molecular formula is C18H28ClNO5SSi. The van der Waals surface area contributed by atoms with Gasteiger partial charge in [0.1, 0.15) is 8.94 Å². The van der Waals surface area contributed by atoms with Gasteiger partial charge in [-0.1, -0.05) is 32.9 Å². The average Bonchev–Trinajstić information content (AvgIpc) is 2.56. The lowest BCUT2D eigenvalue weighted by Gasteiger charge is -2.33. The van der Waals surface area contributed by atoms with E-state index in [0.717, 1.165) is 0 Å². The molecule has 2 atom stereocenters. The van der Waals surface area contributed by atoms with Crippen LogP contribution in [-0.2, 0) is 23.2 Å². The van der Waals surface area contributed by atoms with Gasteiger partial charge < -0.3 is 9.47 Å². The molecule has 0 spiro atoms. The van der Waals surface area contributed by atoms with Crippen LogP contribution in [0.2, 0.25) is 18.1 Å². The molecule has 0 N–H and O–H groups in total. The number of rotatable bonds is 6. The summed E-state index contributed by atoms with van der Waals surface area (Å²) in [7, 11) is 3.32. The van der Waals surface area contributed by atoms with Crippen LogP contribution >= 0.6 is 10.7 Å². The Morgan fingerprint density at radius 2 is 1.81 bits per heavy atom. The molecule has 0 fully saturated rings. The van der Waals surface area contributed by atoms with Crippen LogP contribution in [0.5, 0.6) is 0 Å². The van der Waals surface area contributed by atoms with Crippen molar-refractivity contribution in [3.8, 4) is 0 Å². The van der Waals surface area contributed by atoms with E-state index < -0.39 is 34.4 Å². The molecule has 1 aromatic rings. The molecule has 0 aliphatic heterocycles. The maximum absolute atomic E-state index is 13.5. The van der Waals surface area contributed by atoms with E-state index in [-0.39, 0.29) is 17.0 Å². The molecule has 0 aromatic heterocycles. The van der Waals surface area contributed by atoms with E-state index >= 15 is 0 Å². The second-order valence-corrected chi connectivity index (χ2v) is 16.0. The molecule has 2 unspecified atom stereocenters. The highest BCUT2D eigenvalue weighted by Gasteiger charge is 2.39. The van der Waals surface area contributed by atoms with Crippen molar-refractivity contribution >= 4 is 39.8 Å². The third kappa shape index (κ3) is 6.05. The predicted octanol–water partition coefficient (Wildman–Crippen LogP) is 4.70. The fourth-order valence-electron chi connectivity index (χ4n) is 2.12. The summed E-state index contributed by atoms with van der Waals surface area (Å²) in [6.07, 6.45) is -0.207. The molecule has 0 amide bonds. The fraction of sp³-hybridized carbons (Fsp3) is 0.556. The van der Waals surface area contributed by atoms with E-state index in [1.807, 2.05) is 33.9 Å². The number of ether oxygens (including phenoxy) is 2. The molecule has 0 heterocycles. The molecule has 0 radical (unpaired) electrons. The smallest absolute Gasteiger partial charge is 0.337 e. The number of hydrogen-bond acceptors (Lipinski definition) is 6. The Labute approximate surface area is 167 Å². The van der Waals surface area contributed by atoms with Gasteiger partial charge in [0.25, 0.3) is 0 Å². The Balaban J connectivity index is 3.56. The molecule has 0 saturated carbocycles. The van der Waals surface area contributed by atoms with Crippen molar-refractivity contribution in [2.45, 2.75) is 50.6 Å². The third-order valence-electron chi connectivity index (χ3n) is 4.80. The molecule has 1 rings (SSSR count). The standard InChI is InChI=1S/C18H28ClNO5SSi/c1-18(2,3)27(6,7)20-26(19,23)15(12-16(21)24-4)13-9-8-10-14(11-13)17(22)25-5/h8-11,15H,12H2,1-7H3. The van der Waals surface area contributed by atoms with Crippen LogP contribution in [0.3, 0.4) is 0 Å². The zero-order valence-corrected chi connectivity index (χ0v) is 19.4. The van der Waals surface area contributed by atoms with E-state index in [0.29, 0.717) is 5.56 Å². The maximum Gasteiger partial charge on any atom is 0.337 e. The van der Waals surface area contributed by atoms with Gasteiger partial charge in [-0.3, -0.25) is 8.82 Å². The van der Waals surface area contributed by atoms with Crippen LogP contribution in [0.4, 0.5) is 0 Å². The van der Waals surface area contributed by atoms with Crippen LogP contribution in [-0.4, -0.2) is 38.6 Å². The molecule has 152 valence electrons. The highest BCUT2D eigenvalue weighted by atomic mass is 35.7. The summed E-state index contributed by atoms with van der Waals surface area (Å²) in [6.45, 7) is 10.1. The maximum atomic E-state index is 13.5. The number of carbonyl (C=O) groups is 2. The SMILES string of the molecule is COC(=O)CC(c1cccc(C(=O)OC)c1)S(=O)(Cl)=N[Si](C)(C)C(C)(C)C. The van der Waals surface area contributed by atoms with Gasteiger partial charge >= 0.3 is 11.9 Å². The van der Waals surface area contributed by atoms with Crippen LogP contribution in [0, 0.1) is 0 Å². The van der Waals surface area contributed by atoms with Crippen LogP contribution in [0.15, 0.2) is 28.3 Å². The molecule has 9 heteroatoms. The van der Waals surface area contributed by atoms with Gasteiger partial charge in [-0.05, 0) is 46.5 Å². The lowest BCUT2D eigenvalue weighted by atomic mass is 10.1. The van der Waals surface area contributed by atoms with Crippen molar-refractivity contribution in [3.63, 3.8) is 0 Å². The van der Waals surface area contributed by atoms with Crippen molar-refractivity contribution in [1.82, 2.24) is 0 Å². The lowest BCUT2D eigenvalue weighted by Crippen LogP contribution is -2.36. The molecule has 0 saturated heterocycles. The van der Waals surface area contributed by atoms with Crippen molar-refractivity contribution in [3.05, 3.63) is 35.4 Å². The van der Waals surface area contributed by atoms with Crippen molar-refractivity contribution in [1.29, 1.82) is 0 Å². The molecule has 6 nitrogen and oxygen atoms in total. The zero-order valence-electron chi connectivity index (χ0n) is 16.9. The van der Waals surface area contributed by atoms with E-state index in [2.05, 4.69) is 4.03 Å². The normalized spacial score (nSPS) is 15.4. The second-order valence-electron chi connectivity index (χ2n) is 7.78. The van der Waals surface area contributed by atoms with Gasteiger partial charge in [0, 0.05) is 0 Å². The first-order valence-electron chi connectivity index (χ1n) is 8.47. The number of nitrogens with zero attached hydrogens (tertiary/aromatic N) is 1. The summed E-state index contributed by atoms with van der Waals surface area (Å²) < 4.78 is 27.5. The summed E-state index contributed by atoms with van der Waals surface area (Å²) in [4.78, 5) is 23.8. The number of halogens is 1. The lowest BCUT2D eigenvalue weighted by molar-refractivity contribution is -0.140. The highest BCUT2D eigenvalue weighted by Crippen LogP contribution is 2.41. The third-order valence-corrected chi connectivity index (χ3v) is 13.7. The quantitative estimate of drug-likeness (QED) is 0.368. The van der Waals surface area contributed by atoms with E-state index in [1.54, 1.807) is 18.2 Å². The van der Waals surface area contributed by atoms with E-state index in [4.69, 9.17) is 20.2 Å². The Kier molecular flexibility index (Phi) is 7.66. The molecular weight excluding hydrogens is 406 g/mol. The van der Waals surface area contributed by atoms with Gasteiger partial charge in [0.05, 0.1) is 31.5 Å². The molecule has 0 aliphatic rings. The number of hydrogen-bond donors (Lipinski definition) is 0. The number of benzene rings is 1. The summed E-state index contributed by atoms with van der Waals surface area (Å²) in [5, 5.41) is -1.08. The van der Waals surface area contributed by atoms with Gasteiger partial charge in [0.15, 0.2) is 8.24 Å². The number of carbonyl (C=O) groups excluding carboxylic acids is 2. The predicted molar refractivity (Wildman–Crippen MR) is 111 cm³/mol. The Morgan fingerprint density at radius 1 is 1.22 bits per heavy atom. The van der Waals surface area contributed by atoms with Crippen LogP contribution in [0.1, 0.15) is 48.4 Å². The Morgan fingerprint density at radius 3 is 2.30 bits per heavy atom. The molecule has 0 bridgehead atoms. The minimum absolute atomic E-state index is 0.172. The van der Waals surface area contributed by atoms with Crippen molar-refractivity contribution < 1.29 is 23.3 Å². The van der Waals surface area contributed by atoms with Crippen molar-refractivity contribution in [2.24, 2.45) is 4.03 Å². The van der Waals surface area contributed by atoms with Gasteiger partial charge in [-0.25, -0.2) is 9.00 Å². The van der Waals surface area contributed by atoms with Gasteiger partial charge in [-0.15, -0.1) is 0 Å². The fourth-order valence-corrected chi connectivity index (χ4v) is 9.09. The van der Waals surface area contributed by atoms with Gasteiger partial charge in [-0.2, -0.15) is 0 Å². The second kappa shape index (κ2) is 8.75. The van der Waals surface area contributed by atoms with Crippen LogP contribution < -0.4 is 0 Å². The first-order valence-corrected chi connectivity index (χ1v) is 13.8. The first-order chi connectivity index (χ1) is 12.2. The summed E-state index contributed by atoms with van der Waals surface area (Å²) in [5.41, 5.74) is 0.759. The van der Waals surface area contributed by atoms with Crippen molar-refractivity contribution in [2.75, 3.05) is 14.2 Å². The molecule has 27 heavy (non-hydrogen) atoms. The largest absolute Gasteiger partial charge is 0.469 e. The topological polar surface area (TPSA) is 82.0 Å². The zero-order chi connectivity index (χ0) is 21.0. The molecule has 1 aromatic carbocycles. The monoisotopic (exact) mass is 433 g/mol. The summed E-state index contributed by atoms with van der Waals surface area (Å²) in [6, 6.07) is 6.40. The van der Waals surface area contributed by atoms with E-state index in [1.165, 1.54) is 20.3 Å². The minimum Gasteiger partial charge on any atom is -0.469 e. The minimum atomic E-state index is -3.31. The van der Waals surface area contributed by atoms with Gasteiger partial charge in [0.2, 0.25) is 0 Å². The number of methoxy groups -OCH3 is 2. The first kappa shape index (κ1) is 23.7. The summed E-state index contributed by atoms with van der Waals surface area (Å²) in [5.74, 6) is -1.08. The Hall–Kier alpha value is -1.38. The average molecular weight is 434 g/mol. The Bertz CT molecular complexity index is 825.